The van der Waals surface area contributed by atoms with E-state index in [1.165, 1.54) is 5.56 Å². The van der Waals surface area contributed by atoms with Crippen LogP contribution >= 0.6 is 0 Å². The highest BCUT2D eigenvalue weighted by atomic mass is 32.2. The van der Waals surface area contributed by atoms with Crippen molar-refractivity contribution in [2.45, 2.75) is 27.2 Å². The van der Waals surface area contributed by atoms with Gasteiger partial charge in [0.2, 0.25) is 0 Å². The molecule has 0 heterocycles. The van der Waals surface area contributed by atoms with E-state index >= 15 is 0 Å². The van der Waals surface area contributed by atoms with Crippen molar-refractivity contribution in [3.8, 4) is 23.0 Å². The molecule has 0 aliphatic rings. The van der Waals surface area contributed by atoms with E-state index in [1.54, 1.807) is 36.4 Å². The molecule has 278 valence electrons. The number of fused-ring (bicyclic) bond motifs is 1. The average molecular weight is 751 g/mol. The first-order valence-corrected chi connectivity index (χ1v) is 19.6. The number of rotatable bonds is 10. The molecule has 0 amide bonds. The molecule has 0 unspecified atom stereocenters. The molecule has 0 aromatic heterocycles. The molecule has 7 aromatic rings. The van der Waals surface area contributed by atoms with Crippen LogP contribution in [0.5, 0.6) is 23.0 Å². The summed E-state index contributed by atoms with van der Waals surface area (Å²) < 4.78 is 38.1. The van der Waals surface area contributed by atoms with Gasteiger partial charge < -0.3 is 9.47 Å². The summed E-state index contributed by atoms with van der Waals surface area (Å²) in [4.78, 5) is 26.0. The van der Waals surface area contributed by atoms with E-state index in [-0.39, 0.29) is 11.6 Å². The third-order valence-corrected chi connectivity index (χ3v) is 8.27. The maximum atomic E-state index is 13.1. The fourth-order valence-electron chi connectivity index (χ4n) is 5.59. The topological polar surface area (TPSA) is 107 Å². The molecule has 7 nitrogen and oxygen atoms in total. The van der Waals surface area contributed by atoms with Gasteiger partial charge in [-0.15, -0.1) is 0 Å². The van der Waals surface area contributed by atoms with Gasteiger partial charge >= 0.3 is 0 Å². The van der Waals surface area contributed by atoms with Crippen molar-refractivity contribution in [3.63, 3.8) is 0 Å². The number of hydrogen-bond donors (Lipinski definition) is 1. The lowest BCUT2D eigenvalue weighted by Crippen LogP contribution is -2.01. The fraction of sp³-hybridized carbons (Fsp3) is 0.106. The second-order valence-corrected chi connectivity index (χ2v) is 14.0. The largest absolute Gasteiger partial charge is 0.457 e. The van der Waals surface area contributed by atoms with Crippen LogP contribution < -0.4 is 9.47 Å². The maximum Gasteiger partial charge on any atom is 0.261 e. The minimum atomic E-state index is -3.67. The Morgan fingerprint density at radius 1 is 0.491 bits per heavy atom. The fourth-order valence-corrected chi connectivity index (χ4v) is 5.59. The van der Waals surface area contributed by atoms with Gasteiger partial charge in [-0.1, -0.05) is 110 Å². The molecule has 0 atom stereocenters. The first-order chi connectivity index (χ1) is 26.5. The van der Waals surface area contributed by atoms with Crippen LogP contribution in [0.3, 0.4) is 0 Å². The molecule has 0 fully saturated rings. The first kappa shape index (κ1) is 39.8. The minimum Gasteiger partial charge on any atom is -0.457 e. The molecule has 0 radical (unpaired) electrons. The van der Waals surface area contributed by atoms with E-state index in [1.807, 2.05) is 136 Å². The maximum absolute atomic E-state index is 13.1. The molecular formula is C47H42O7S. The van der Waals surface area contributed by atoms with Crippen molar-refractivity contribution in [1.82, 2.24) is 0 Å². The average Bonchev–Trinajstić information content (AvgIpc) is 3.19. The number of carbonyl (C=O) groups is 2. The monoisotopic (exact) mass is 750 g/mol. The molecule has 8 heteroatoms. The Hall–Kier alpha value is -6.35. The molecule has 0 spiro atoms. The third-order valence-electron chi connectivity index (χ3n) is 8.27. The van der Waals surface area contributed by atoms with Crippen LogP contribution in [-0.4, -0.2) is 30.8 Å². The number of benzene rings is 7. The van der Waals surface area contributed by atoms with Crippen molar-refractivity contribution >= 4 is 32.5 Å². The number of carbonyl (C=O) groups excluding carboxylic acids is 2. The number of hydrogen-bond acceptors (Lipinski definition) is 6. The van der Waals surface area contributed by atoms with Crippen LogP contribution in [-0.2, 0) is 16.5 Å². The zero-order valence-corrected chi connectivity index (χ0v) is 31.9. The summed E-state index contributed by atoms with van der Waals surface area (Å²) in [6, 6.07) is 51.8. The summed E-state index contributed by atoms with van der Waals surface area (Å²) in [5, 5.41) is 2.00. The highest BCUT2D eigenvalue weighted by molar-refractivity contribution is 7.85. The van der Waals surface area contributed by atoms with Gasteiger partial charge in [-0.05, 0) is 108 Å². The lowest BCUT2D eigenvalue weighted by molar-refractivity contribution is 0.103. The van der Waals surface area contributed by atoms with E-state index in [9.17, 15) is 18.0 Å². The van der Waals surface area contributed by atoms with E-state index in [2.05, 4.69) is 12.1 Å². The SMILES string of the molecule is CC.CS(=O)(=O)O.Cc1ccc(C(=O)c2ccc(Oc3ccc4ccc(Oc5ccc(C(=O)c6ccc(Cc7ccccc7)cc6)cc5)cc4c3)cc2)cc1. The highest BCUT2D eigenvalue weighted by Gasteiger charge is 2.12. The van der Waals surface area contributed by atoms with Crippen LogP contribution in [0.25, 0.3) is 10.8 Å². The van der Waals surface area contributed by atoms with Crippen LogP contribution in [0.2, 0.25) is 0 Å². The molecule has 0 bridgehead atoms. The van der Waals surface area contributed by atoms with Crippen molar-refractivity contribution in [3.05, 3.63) is 203 Å². The van der Waals surface area contributed by atoms with E-state index in [0.717, 1.165) is 28.3 Å². The summed E-state index contributed by atoms with van der Waals surface area (Å²) >= 11 is 0. The van der Waals surface area contributed by atoms with E-state index in [4.69, 9.17) is 14.0 Å². The Bertz CT molecular complexity index is 2450. The molecule has 0 aliphatic carbocycles. The normalized spacial score (nSPS) is 10.6. The summed E-state index contributed by atoms with van der Waals surface area (Å²) in [6.07, 6.45) is 1.55. The Labute approximate surface area is 322 Å². The molecule has 7 rings (SSSR count). The van der Waals surface area contributed by atoms with Gasteiger partial charge in [-0.25, -0.2) is 0 Å². The summed E-state index contributed by atoms with van der Waals surface area (Å²) in [6.45, 7) is 6.00. The lowest BCUT2D eigenvalue weighted by atomic mass is 9.99. The number of aryl methyl sites for hydroxylation is 1. The predicted molar refractivity (Wildman–Crippen MR) is 220 cm³/mol. The smallest absolute Gasteiger partial charge is 0.261 e. The third kappa shape index (κ3) is 11.8. The Morgan fingerprint density at radius 2 is 0.836 bits per heavy atom. The van der Waals surface area contributed by atoms with Crippen molar-refractivity contribution in [2.75, 3.05) is 6.26 Å². The standard InChI is InChI=1S/C44H32O4.C2H6.CH4O3S/c1-30-7-11-34(12-8-30)43(45)36-17-21-39(22-18-36)47-41-25-15-33-16-26-42(29-38(33)28-41)48-40-23-19-37(20-24-40)44(46)35-13-9-32(10-14-35)27-31-5-3-2-4-6-31;1-2;1-5(2,3)4/h2-26,28-29H,27H2,1H3;1-2H3;1H3,(H,2,3,4). The summed E-state index contributed by atoms with van der Waals surface area (Å²) in [5.41, 5.74) is 6.04. The summed E-state index contributed by atoms with van der Waals surface area (Å²) in [7, 11) is -3.67. The number of ketones is 2. The molecule has 55 heavy (non-hydrogen) atoms. The molecule has 0 saturated carbocycles. The van der Waals surface area contributed by atoms with E-state index in [0.29, 0.717) is 51.5 Å². The second-order valence-electron chi connectivity index (χ2n) is 12.5. The van der Waals surface area contributed by atoms with Gasteiger partial charge in [-0.2, -0.15) is 8.42 Å². The van der Waals surface area contributed by atoms with Crippen LogP contribution in [0.1, 0.15) is 62.4 Å². The van der Waals surface area contributed by atoms with Crippen molar-refractivity contribution in [1.29, 1.82) is 0 Å². The number of ether oxygens (including phenoxy) is 2. The Kier molecular flexibility index (Phi) is 13.5. The lowest BCUT2D eigenvalue weighted by Gasteiger charge is -2.10. The molecule has 0 saturated heterocycles. The van der Waals surface area contributed by atoms with Gasteiger partial charge in [0.1, 0.15) is 23.0 Å². The summed E-state index contributed by atoms with van der Waals surface area (Å²) in [5.74, 6) is 2.57. The van der Waals surface area contributed by atoms with Gasteiger partial charge in [0.25, 0.3) is 10.1 Å². The quantitative estimate of drug-likeness (QED) is 0.110. The van der Waals surface area contributed by atoms with Crippen molar-refractivity contribution < 1.29 is 32.0 Å². The van der Waals surface area contributed by atoms with E-state index < -0.39 is 10.1 Å². The van der Waals surface area contributed by atoms with Gasteiger partial charge in [-0.3, -0.25) is 14.1 Å². The second kappa shape index (κ2) is 18.6. The zero-order valence-electron chi connectivity index (χ0n) is 31.1. The first-order valence-electron chi connectivity index (χ1n) is 17.8. The van der Waals surface area contributed by atoms with Crippen LogP contribution in [0.15, 0.2) is 164 Å². The Morgan fingerprint density at radius 3 is 1.25 bits per heavy atom. The zero-order chi connectivity index (χ0) is 39.4. The van der Waals surface area contributed by atoms with Crippen molar-refractivity contribution in [2.24, 2.45) is 0 Å². The highest BCUT2D eigenvalue weighted by Crippen LogP contribution is 2.31. The van der Waals surface area contributed by atoms with Gasteiger partial charge in [0, 0.05) is 22.3 Å². The van der Waals surface area contributed by atoms with Crippen LogP contribution in [0.4, 0.5) is 0 Å². The predicted octanol–water partition coefficient (Wildman–Crippen LogP) is 11.3. The molecular weight excluding hydrogens is 709 g/mol. The Balaban J connectivity index is 0.000000768. The van der Waals surface area contributed by atoms with Gasteiger partial charge in [0.05, 0.1) is 6.26 Å². The molecule has 1 N–H and O–H groups in total. The minimum absolute atomic E-state index is 0.0227. The molecule has 0 aliphatic heterocycles. The molecule has 7 aromatic carbocycles. The van der Waals surface area contributed by atoms with Gasteiger partial charge in [0.15, 0.2) is 11.6 Å². The van der Waals surface area contributed by atoms with Crippen LogP contribution in [0, 0.1) is 6.92 Å².